The minimum absolute atomic E-state index is 0.0436. The third kappa shape index (κ3) is 2.01. The Morgan fingerprint density at radius 2 is 1.82 bits per heavy atom. The van der Waals surface area contributed by atoms with Gasteiger partial charge in [0.1, 0.15) is 0 Å². The van der Waals surface area contributed by atoms with Crippen LogP contribution >= 0.6 is 0 Å². The van der Waals surface area contributed by atoms with Crippen LogP contribution in [0.2, 0.25) is 0 Å². The number of fused-ring (bicyclic) bond motifs is 5. The van der Waals surface area contributed by atoms with Crippen LogP contribution in [0, 0.1) is 51.8 Å². The molecule has 122 valence electrons. The zero-order chi connectivity index (χ0) is 15.5. The Bertz CT molecular complexity index is 496. The van der Waals surface area contributed by atoms with E-state index in [9.17, 15) is 10.4 Å². The van der Waals surface area contributed by atoms with Gasteiger partial charge in [-0.25, -0.2) is 0 Å². The van der Waals surface area contributed by atoms with Crippen molar-refractivity contribution in [1.82, 2.24) is 0 Å². The normalized spacial score (nSPS) is 57.4. The second-order valence-corrected chi connectivity index (χ2v) is 9.54. The quantitative estimate of drug-likeness (QED) is 0.714. The highest BCUT2D eigenvalue weighted by molar-refractivity contribution is 5.10. The fourth-order valence-electron chi connectivity index (χ4n) is 7.39. The van der Waals surface area contributed by atoms with Crippen LogP contribution in [0.5, 0.6) is 0 Å². The van der Waals surface area contributed by atoms with Crippen molar-refractivity contribution < 1.29 is 5.11 Å². The number of aliphatic hydroxyl groups excluding tert-OH is 1. The Balaban J connectivity index is 1.61. The SMILES string of the molecule is C[C@@]12CC[C@@H]3[C@H](CC[C@@H]4C[C@@H](O)CC[C@]43C)[C@H]1C[C@@H](C#N)C2. The predicted molar refractivity (Wildman–Crippen MR) is 86.8 cm³/mol. The molecule has 8 atom stereocenters. The van der Waals surface area contributed by atoms with Crippen LogP contribution < -0.4 is 0 Å². The highest BCUT2D eigenvalue weighted by Gasteiger charge is 2.59. The molecule has 0 spiro atoms. The topological polar surface area (TPSA) is 44.0 Å². The maximum absolute atomic E-state index is 10.1. The van der Waals surface area contributed by atoms with Gasteiger partial charge in [0.15, 0.2) is 0 Å². The molecule has 0 radical (unpaired) electrons. The van der Waals surface area contributed by atoms with Gasteiger partial charge in [0.25, 0.3) is 0 Å². The van der Waals surface area contributed by atoms with Gasteiger partial charge >= 0.3 is 0 Å². The van der Waals surface area contributed by atoms with Crippen molar-refractivity contribution in [3.05, 3.63) is 0 Å². The number of hydrogen-bond donors (Lipinski definition) is 1. The average molecular weight is 301 g/mol. The highest BCUT2D eigenvalue weighted by atomic mass is 16.3. The Morgan fingerprint density at radius 3 is 2.59 bits per heavy atom. The molecule has 2 heteroatoms. The van der Waals surface area contributed by atoms with E-state index in [4.69, 9.17) is 0 Å². The monoisotopic (exact) mass is 301 g/mol. The first-order valence-electron chi connectivity index (χ1n) is 9.54. The molecule has 0 bridgehead atoms. The number of nitrogens with zero attached hydrogens (tertiary/aromatic N) is 1. The molecule has 0 heterocycles. The summed E-state index contributed by atoms with van der Waals surface area (Å²) >= 11 is 0. The summed E-state index contributed by atoms with van der Waals surface area (Å²) in [5, 5.41) is 19.5. The van der Waals surface area contributed by atoms with Crippen molar-refractivity contribution >= 4 is 0 Å². The molecule has 4 aliphatic carbocycles. The lowest BCUT2D eigenvalue weighted by atomic mass is 9.45. The molecule has 4 saturated carbocycles. The van der Waals surface area contributed by atoms with Crippen molar-refractivity contribution in [1.29, 1.82) is 5.26 Å². The van der Waals surface area contributed by atoms with Gasteiger partial charge in [-0.05, 0) is 92.3 Å². The lowest BCUT2D eigenvalue weighted by Crippen LogP contribution is -2.53. The number of nitriles is 1. The molecule has 0 aromatic rings. The lowest BCUT2D eigenvalue weighted by molar-refractivity contribution is -0.120. The standard InChI is InChI=1S/C20H31NO/c1-19-7-6-17-16(18(19)9-13(11-19)12-21)4-3-14-10-15(22)5-8-20(14,17)2/h13-18,22H,3-11H2,1-2H3/t13-,14-,15+,16+,17-,18-,19+,20-/m1/s1. The van der Waals surface area contributed by atoms with Gasteiger partial charge in [-0.2, -0.15) is 5.26 Å². The van der Waals surface area contributed by atoms with E-state index in [-0.39, 0.29) is 6.10 Å². The molecular weight excluding hydrogens is 270 g/mol. The first-order valence-corrected chi connectivity index (χ1v) is 9.54. The van der Waals surface area contributed by atoms with E-state index in [0.717, 1.165) is 49.4 Å². The molecule has 4 aliphatic rings. The smallest absolute Gasteiger partial charge is 0.0656 e. The molecule has 1 N–H and O–H groups in total. The third-order valence-corrected chi connectivity index (χ3v) is 8.59. The molecular formula is C20H31NO. The van der Waals surface area contributed by atoms with Gasteiger partial charge in [-0.1, -0.05) is 13.8 Å². The van der Waals surface area contributed by atoms with Crippen LogP contribution in [0.1, 0.15) is 71.6 Å². The van der Waals surface area contributed by atoms with E-state index in [1.807, 2.05) is 0 Å². The Kier molecular flexibility index (Phi) is 3.39. The van der Waals surface area contributed by atoms with Gasteiger partial charge in [0, 0.05) is 5.92 Å². The third-order valence-electron chi connectivity index (χ3n) is 8.59. The number of hydrogen-bond acceptors (Lipinski definition) is 2. The summed E-state index contributed by atoms with van der Waals surface area (Å²) in [5.74, 6) is 3.56. The zero-order valence-electron chi connectivity index (χ0n) is 14.2. The van der Waals surface area contributed by atoms with Gasteiger partial charge in [0.05, 0.1) is 12.2 Å². The van der Waals surface area contributed by atoms with Crippen LogP contribution in [0.4, 0.5) is 0 Å². The molecule has 0 unspecified atom stereocenters. The predicted octanol–water partition coefficient (Wildman–Crippen LogP) is 4.53. The van der Waals surface area contributed by atoms with Crippen molar-refractivity contribution in [3.63, 3.8) is 0 Å². The summed E-state index contributed by atoms with van der Waals surface area (Å²) < 4.78 is 0. The molecule has 0 saturated heterocycles. The lowest BCUT2D eigenvalue weighted by Gasteiger charge is -2.60. The summed E-state index contributed by atoms with van der Waals surface area (Å²) in [7, 11) is 0. The van der Waals surface area contributed by atoms with Crippen LogP contribution in [0.15, 0.2) is 0 Å². The van der Waals surface area contributed by atoms with Gasteiger partial charge in [-0.15, -0.1) is 0 Å². The van der Waals surface area contributed by atoms with E-state index in [0.29, 0.717) is 16.7 Å². The van der Waals surface area contributed by atoms with E-state index < -0.39 is 0 Å². The molecule has 0 aromatic heterocycles. The molecule has 4 rings (SSSR count). The van der Waals surface area contributed by atoms with Crippen molar-refractivity contribution in [3.8, 4) is 6.07 Å². The highest BCUT2D eigenvalue weighted by Crippen LogP contribution is 2.66. The van der Waals surface area contributed by atoms with E-state index in [2.05, 4.69) is 19.9 Å². The zero-order valence-corrected chi connectivity index (χ0v) is 14.2. The summed E-state index contributed by atoms with van der Waals surface area (Å²) in [5.41, 5.74) is 0.910. The van der Waals surface area contributed by atoms with Crippen molar-refractivity contribution in [2.75, 3.05) is 0 Å². The molecule has 0 aliphatic heterocycles. The Morgan fingerprint density at radius 1 is 1.00 bits per heavy atom. The number of aliphatic hydroxyl groups is 1. The Hall–Kier alpha value is -0.550. The van der Waals surface area contributed by atoms with Crippen LogP contribution in [0.25, 0.3) is 0 Å². The van der Waals surface area contributed by atoms with Gasteiger partial charge in [-0.3, -0.25) is 0 Å². The van der Waals surface area contributed by atoms with Gasteiger partial charge in [0.2, 0.25) is 0 Å². The minimum atomic E-state index is -0.0436. The Labute approximate surface area is 135 Å². The fraction of sp³-hybridized carbons (Fsp3) is 0.950. The maximum Gasteiger partial charge on any atom is 0.0656 e. The van der Waals surface area contributed by atoms with E-state index in [1.165, 1.54) is 32.1 Å². The molecule has 2 nitrogen and oxygen atoms in total. The first-order chi connectivity index (χ1) is 10.5. The fourth-order valence-corrected chi connectivity index (χ4v) is 7.39. The maximum atomic E-state index is 10.1. The molecule has 4 fully saturated rings. The van der Waals surface area contributed by atoms with Crippen LogP contribution in [-0.2, 0) is 0 Å². The second kappa shape index (κ2) is 4.97. The van der Waals surface area contributed by atoms with Crippen LogP contribution in [-0.4, -0.2) is 11.2 Å². The van der Waals surface area contributed by atoms with Gasteiger partial charge < -0.3 is 5.11 Å². The summed E-state index contributed by atoms with van der Waals surface area (Å²) in [6.07, 6.45) is 10.9. The first kappa shape index (κ1) is 15.0. The summed E-state index contributed by atoms with van der Waals surface area (Å²) in [6, 6.07) is 2.58. The van der Waals surface area contributed by atoms with E-state index in [1.54, 1.807) is 0 Å². The molecule has 22 heavy (non-hydrogen) atoms. The molecule has 0 amide bonds. The number of rotatable bonds is 0. The van der Waals surface area contributed by atoms with Crippen molar-refractivity contribution in [2.24, 2.45) is 40.4 Å². The van der Waals surface area contributed by atoms with Crippen LogP contribution in [0.3, 0.4) is 0 Å². The van der Waals surface area contributed by atoms with Crippen molar-refractivity contribution in [2.45, 2.75) is 77.7 Å². The summed E-state index contributed by atoms with van der Waals surface area (Å²) in [4.78, 5) is 0. The minimum Gasteiger partial charge on any atom is -0.393 e. The largest absolute Gasteiger partial charge is 0.393 e. The summed E-state index contributed by atoms with van der Waals surface area (Å²) in [6.45, 7) is 5.02. The van der Waals surface area contributed by atoms with E-state index >= 15 is 0 Å². The second-order valence-electron chi connectivity index (χ2n) is 9.54. The average Bonchev–Trinajstić information content (AvgIpc) is 2.85. The molecule has 0 aromatic carbocycles.